The normalized spacial score (nSPS) is 13.0. The van der Waals surface area contributed by atoms with Crippen molar-refractivity contribution in [3.05, 3.63) is 89.2 Å². The van der Waals surface area contributed by atoms with Crippen molar-refractivity contribution in [3.63, 3.8) is 0 Å². The summed E-state index contributed by atoms with van der Waals surface area (Å²) in [7, 11) is 0. The zero-order valence-corrected chi connectivity index (χ0v) is 15.7. The molecule has 2 amide bonds. The minimum atomic E-state index is -0.282. The van der Waals surface area contributed by atoms with Gasteiger partial charge in [-0.25, -0.2) is 0 Å². The smallest absolute Gasteiger partial charge is 0.259 e. The van der Waals surface area contributed by atoms with E-state index < -0.39 is 0 Å². The monoisotopic (exact) mass is 371 g/mol. The molecule has 3 aromatic rings. The predicted octanol–water partition coefficient (Wildman–Crippen LogP) is 4.24. The Bertz CT molecular complexity index is 1050. The highest BCUT2D eigenvalue weighted by atomic mass is 16.2. The Kier molecular flexibility index (Phi) is 4.89. The van der Waals surface area contributed by atoms with Crippen molar-refractivity contribution in [3.8, 4) is 0 Å². The minimum Gasteiger partial charge on any atom is -0.322 e. The highest BCUT2D eigenvalue weighted by molar-refractivity contribution is 6.09. The lowest BCUT2D eigenvalue weighted by Crippen LogP contribution is -2.35. The summed E-state index contributed by atoms with van der Waals surface area (Å²) in [5, 5.41) is 2.88. The average molecular weight is 371 g/mol. The summed E-state index contributed by atoms with van der Waals surface area (Å²) >= 11 is 0. The van der Waals surface area contributed by atoms with Gasteiger partial charge in [0.05, 0.1) is 11.1 Å². The molecule has 2 aromatic carbocycles. The first-order valence-electron chi connectivity index (χ1n) is 9.35. The molecule has 0 unspecified atom stereocenters. The number of aryl methyl sites for hydroxylation is 2. The quantitative estimate of drug-likeness (QED) is 0.749. The fourth-order valence-electron chi connectivity index (χ4n) is 3.49. The molecule has 0 fully saturated rings. The number of carbonyl (C=O) groups excluding carboxylic acids is 2. The van der Waals surface area contributed by atoms with Gasteiger partial charge < -0.3 is 10.2 Å². The van der Waals surface area contributed by atoms with Crippen molar-refractivity contribution < 1.29 is 9.59 Å². The largest absolute Gasteiger partial charge is 0.322 e. The second-order valence-corrected chi connectivity index (χ2v) is 6.92. The number of pyridine rings is 1. The van der Waals surface area contributed by atoms with E-state index in [-0.39, 0.29) is 11.8 Å². The lowest BCUT2D eigenvalue weighted by Gasteiger charge is -2.29. The van der Waals surface area contributed by atoms with Crippen LogP contribution in [0.5, 0.6) is 0 Å². The van der Waals surface area contributed by atoms with Crippen LogP contribution in [0.25, 0.3) is 0 Å². The van der Waals surface area contributed by atoms with E-state index in [4.69, 9.17) is 0 Å². The van der Waals surface area contributed by atoms with E-state index in [2.05, 4.69) is 16.4 Å². The number of nitrogens with zero attached hydrogens (tertiary/aromatic N) is 2. The van der Waals surface area contributed by atoms with Crippen LogP contribution in [0.4, 0.5) is 11.4 Å². The molecule has 0 saturated heterocycles. The molecule has 1 aromatic heterocycles. The Morgan fingerprint density at radius 2 is 1.75 bits per heavy atom. The number of hydrogen-bond acceptors (Lipinski definition) is 3. The Hall–Kier alpha value is -3.47. The van der Waals surface area contributed by atoms with Gasteiger partial charge in [0.1, 0.15) is 0 Å². The number of para-hydroxylation sites is 2. The third kappa shape index (κ3) is 3.51. The Morgan fingerprint density at radius 3 is 2.61 bits per heavy atom. The first kappa shape index (κ1) is 17.9. The van der Waals surface area contributed by atoms with E-state index in [0.29, 0.717) is 17.7 Å². The molecule has 0 bridgehead atoms. The summed E-state index contributed by atoms with van der Waals surface area (Å²) in [5.74, 6) is -0.416. The van der Waals surface area contributed by atoms with Crippen LogP contribution in [-0.4, -0.2) is 23.3 Å². The molecule has 2 heterocycles. The van der Waals surface area contributed by atoms with Crippen LogP contribution >= 0.6 is 0 Å². The zero-order valence-electron chi connectivity index (χ0n) is 15.7. The van der Waals surface area contributed by atoms with Gasteiger partial charge in [0.25, 0.3) is 11.8 Å². The lowest BCUT2D eigenvalue weighted by atomic mass is 10.0. The molecule has 5 heteroatoms. The van der Waals surface area contributed by atoms with E-state index in [0.717, 1.165) is 29.8 Å². The molecule has 1 aliphatic rings. The maximum Gasteiger partial charge on any atom is 0.259 e. The fraction of sp³-hybridized carbons (Fsp3) is 0.174. The van der Waals surface area contributed by atoms with Crippen LogP contribution in [0.2, 0.25) is 0 Å². The molecular weight excluding hydrogens is 350 g/mol. The summed E-state index contributed by atoms with van der Waals surface area (Å²) in [5.41, 5.74) is 4.60. The van der Waals surface area contributed by atoms with Crippen molar-refractivity contribution in [2.45, 2.75) is 19.8 Å². The van der Waals surface area contributed by atoms with Gasteiger partial charge in [0.2, 0.25) is 0 Å². The number of benzene rings is 2. The number of rotatable bonds is 3. The molecule has 0 radical (unpaired) electrons. The van der Waals surface area contributed by atoms with Gasteiger partial charge in [0, 0.05) is 30.3 Å². The van der Waals surface area contributed by atoms with Gasteiger partial charge in [-0.15, -0.1) is 0 Å². The lowest BCUT2D eigenvalue weighted by molar-refractivity contribution is 0.0984. The number of nitrogens with one attached hydrogen (secondary N) is 1. The van der Waals surface area contributed by atoms with E-state index in [9.17, 15) is 9.59 Å². The summed E-state index contributed by atoms with van der Waals surface area (Å²) in [6.45, 7) is 2.59. The van der Waals surface area contributed by atoms with E-state index in [1.165, 1.54) is 18.0 Å². The second-order valence-electron chi connectivity index (χ2n) is 6.92. The number of carbonyl (C=O) groups is 2. The summed E-state index contributed by atoms with van der Waals surface area (Å²) in [6, 6.07) is 17.1. The number of anilines is 2. The fourth-order valence-corrected chi connectivity index (χ4v) is 3.49. The third-order valence-electron chi connectivity index (χ3n) is 5.00. The number of hydrogen-bond donors (Lipinski definition) is 1. The molecule has 1 N–H and O–H groups in total. The van der Waals surface area contributed by atoms with Gasteiger partial charge in [-0.05, 0) is 49.1 Å². The summed E-state index contributed by atoms with van der Waals surface area (Å²) < 4.78 is 0. The number of aromatic nitrogens is 1. The molecule has 0 spiro atoms. The van der Waals surface area contributed by atoms with Crippen LogP contribution in [0.1, 0.15) is 38.3 Å². The van der Waals surface area contributed by atoms with E-state index in [1.807, 2.05) is 49.4 Å². The van der Waals surface area contributed by atoms with E-state index >= 15 is 0 Å². The summed E-state index contributed by atoms with van der Waals surface area (Å²) in [6.07, 6.45) is 4.89. The predicted molar refractivity (Wildman–Crippen MR) is 110 cm³/mol. The Balaban J connectivity index is 1.58. The van der Waals surface area contributed by atoms with Gasteiger partial charge in [-0.1, -0.05) is 36.4 Å². The number of fused-ring (bicyclic) bond motifs is 1. The second kappa shape index (κ2) is 7.64. The Morgan fingerprint density at radius 1 is 1.00 bits per heavy atom. The third-order valence-corrected chi connectivity index (χ3v) is 5.00. The van der Waals surface area contributed by atoms with Gasteiger partial charge in [-0.2, -0.15) is 0 Å². The van der Waals surface area contributed by atoms with Crippen molar-refractivity contribution in [1.82, 2.24) is 4.98 Å². The van der Waals surface area contributed by atoms with Crippen molar-refractivity contribution in [2.75, 3.05) is 16.8 Å². The maximum absolute atomic E-state index is 13.1. The van der Waals surface area contributed by atoms with Gasteiger partial charge >= 0.3 is 0 Å². The molecule has 0 aliphatic carbocycles. The highest BCUT2D eigenvalue weighted by Gasteiger charge is 2.24. The molecule has 5 nitrogen and oxygen atoms in total. The maximum atomic E-state index is 13.1. The minimum absolute atomic E-state index is 0.134. The van der Waals surface area contributed by atoms with Gasteiger partial charge in [0.15, 0.2) is 0 Å². The van der Waals surface area contributed by atoms with E-state index in [1.54, 1.807) is 11.0 Å². The summed E-state index contributed by atoms with van der Waals surface area (Å²) in [4.78, 5) is 31.7. The zero-order chi connectivity index (χ0) is 19.5. The van der Waals surface area contributed by atoms with Crippen LogP contribution in [-0.2, 0) is 6.42 Å². The molecule has 4 rings (SSSR count). The first-order valence-corrected chi connectivity index (χ1v) is 9.35. The molecule has 1 aliphatic heterocycles. The molecule has 0 saturated carbocycles. The molecular formula is C23H21N3O2. The van der Waals surface area contributed by atoms with Crippen LogP contribution in [0.3, 0.4) is 0 Å². The first-order chi connectivity index (χ1) is 13.6. The molecule has 140 valence electrons. The SMILES string of the molecule is Cc1ccccc1NC(=O)c1cncc(C(=O)N2CCCc3ccccc32)c1. The molecule has 0 atom stereocenters. The standard InChI is InChI=1S/C23H21N3O2/c1-16-7-2-4-10-20(16)25-22(27)18-13-19(15-24-14-18)23(28)26-12-6-9-17-8-3-5-11-21(17)26/h2-5,7-8,10-11,13-15H,6,9,12H2,1H3,(H,25,27). The number of amides is 2. The van der Waals surface area contributed by atoms with Crippen molar-refractivity contribution in [2.24, 2.45) is 0 Å². The van der Waals surface area contributed by atoms with Crippen LogP contribution in [0, 0.1) is 6.92 Å². The van der Waals surface area contributed by atoms with Gasteiger partial charge in [-0.3, -0.25) is 14.6 Å². The average Bonchev–Trinajstić information content (AvgIpc) is 2.74. The van der Waals surface area contributed by atoms with Crippen molar-refractivity contribution >= 4 is 23.2 Å². The van der Waals surface area contributed by atoms with Crippen LogP contribution < -0.4 is 10.2 Å². The van der Waals surface area contributed by atoms with Crippen molar-refractivity contribution in [1.29, 1.82) is 0 Å². The Labute approximate surface area is 164 Å². The molecule has 28 heavy (non-hydrogen) atoms. The topological polar surface area (TPSA) is 62.3 Å². The highest BCUT2D eigenvalue weighted by Crippen LogP contribution is 2.28. The van der Waals surface area contributed by atoms with Crippen LogP contribution in [0.15, 0.2) is 67.0 Å².